The summed E-state index contributed by atoms with van der Waals surface area (Å²) in [7, 11) is 0. The van der Waals surface area contributed by atoms with Crippen LogP contribution in [0.5, 0.6) is 0 Å². The van der Waals surface area contributed by atoms with E-state index in [1.807, 2.05) is 25.1 Å². The first-order valence-electron chi connectivity index (χ1n) is 6.68. The summed E-state index contributed by atoms with van der Waals surface area (Å²) in [6.45, 7) is 7.13. The van der Waals surface area contributed by atoms with Gasteiger partial charge in [0, 0.05) is 13.1 Å². The average molecular weight is 249 g/mol. The van der Waals surface area contributed by atoms with E-state index in [2.05, 4.69) is 24.0 Å². The van der Waals surface area contributed by atoms with Crippen LogP contribution in [0.15, 0.2) is 30.3 Å². The number of carbonyl (C=O) groups is 1. The van der Waals surface area contributed by atoms with Gasteiger partial charge >= 0.3 is 5.97 Å². The Bertz CT molecular complexity index is 338. The number of rotatable bonds is 8. The second-order valence-corrected chi connectivity index (χ2v) is 4.32. The number of carbonyl (C=O) groups excluding carboxylic acids is 1. The van der Waals surface area contributed by atoms with Crippen molar-refractivity contribution >= 4 is 5.97 Å². The molecule has 0 heterocycles. The maximum atomic E-state index is 11.4. The van der Waals surface area contributed by atoms with Crippen LogP contribution in [0.4, 0.5) is 0 Å². The second kappa shape index (κ2) is 8.70. The van der Waals surface area contributed by atoms with Crippen LogP contribution < -0.4 is 0 Å². The fraction of sp³-hybridized carbons (Fsp3) is 0.533. The predicted molar refractivity (Wildman–Crippen MR) is 73.3 cm³/mol. The van der Waals surface area contributed by atoms with Crippen molar-refractivity contribution in [3.63, 3.8) is 0 Å². The molecule has 100 valence electrons. The number of hydrogen-bond donors (Lipinski definition) is 0. The van der Waals surface area contributed by atoms with Crippen LogP contribution in [0, 0.1) is 0 Å². The molecule has 0 bridgehead atoms. The molecule has 0 N–H and O–H groups in total. The van der Waals surface area contributed by atoms with Gasteiger partial charge in [0.05, 0.1) is 13.0 Å². The van der Waals surface area contributed by atoms with Crippen LogP contribution in [-0.4, -0.2) is 30.6 Å². The molecule has 0 atom stereocenters. The Morgan fingerprint density at radius 3 is 2.50 bits per heavy atom. The topological polar surface area (TPSA) is 29.5 Å². The van der Waals surface area contributed by atoms with E-state index in [9.17, 15) is 4.79 Å². The monoisotopic (exact) mass is 249 g/mol. The summed E-state index contributed by atoms with van der Waals surface area (Å²) in [5.74, 6) is -0.105. The fourth-order valence-electron chi connectivity index (χ4n) is 1.91. The summed E-state index contributed by atoms with van der Waals surface area (Å²) in [5.41, 5.74) is 1.29. The molecule has 0 saturated carbocycles. The zero-order valence-electron chi connectivity index (χ0n) is 11.4. The van der Waals surface area contributed by atoms with E-state index in [0.717, 1.165) is 26.1 Å². The molecule has 0 saturated heterocycles. The molecular weight excluding hydrogens is 226 g/mol. The van der Waals surface area contributed by atoms with Gasteiger partial charge in [0.15, 0.2) is 0 Å². The van der Waals surface area contributed by atoms with Crippen LogP contribution in [0.2, 0.25) is 0 Å². The Morgan fingerprint density at radius 1 is 1.17 bits per heavy atom. The smallest absolute Gasteiger partial charge is 0.307 e. The fourth-order valence-corrected chi connectivity index (χ4v) is 1.91. The Balaban J connectivity index is 2.42. The Morgan fingerprint density at radius 2 is 1.89 bits per heavy atom. The van der Waals surface area contributed by atoms with Gasteiger partial charge in [0.25, 0.3) is 0 Å². The summed E-state index contributed by atoms with van der Waals surface area (Å²) in [4.78, 5) is 13.7. The molecule has 0 amide bonds. The summed E-state index contributed by atoms with van der Waals surface area (Å²) in [6.07, 6.45) is 1.57. The van der Waals surface area contributed by atoms with Gasteiger partial charge in [-0.15, -0.1) is 0 Å². The van der Waals surface area contributed by atoms with Gasteiger partial charge in [-0.2, -0.15) is 0 Å². The lowest BCUT2D eigenvalue weighted by Crippen LogP contribution is -2.27. The van der Waals surface area contributed by atoms with Crippen LogP contribution in [0.25, 0.3) is 0 Å². The number of hydrogen-bond acceptors (Lipinski definition) is 3. The van der Waals surface area contributed by atoms with E-state index in [-0.39, 0.29) is 5.97 Å². The highest BCUT2D eigenvalue weighted by molar-refractivity contribution is 5.69. The number of nitrogens with zero attached hydrogens (tertiary/aromatic N) is 1. The maximum Gasteiger partial charge on any atom is 0.307 e. The van der Waals surface area contributed by atoms with E-state index in [4.69, 9.17) is 4.74 Å². The molecule has 0 unspecified atom stereocenters. The quantitative estimate of drug-likeness (QED) is 0.663. The minimum Gasteiger partial charge on any atom is -0.466 e. The van der Waals surface area contributed by atoms with Crippen molar-refractivity contribution < 1.29 is 9.53 Å². The number of benzene rings is 1. The Hall–Kier alpha value is -1.35. The average Bonchev–Trinajstić information content (AvgIpc) is 2.38. The first-order valence-corrected chi connectivity index (χ1v) is 6.68. The normalized spacial score (nSPS) is 10.6. The van der Waals surface area contributed by atoms with Crippen molar-refractivity contribution in [1.29, 1.82) is 0 Å². The number of ether oxygens (including phenoxy) is 1. The highest BCUT2D eigenvalue weighted by Crippen LogP contribution is 2.06. The molecule has 0 aliphatic heterocycles. The van der Waals surface area contributed by atoms with Gasteiger partial charge in [-0.05, 0) is 25.5 Å². The zero-order valence-corrected chi connectivity index (χ0v) is 11.4. The van der Waals surface area contributed by atoms with E-state index < -0.39 is 0 Å². The van der Waals surface area contributed by atoms with Gasteiger partial charge < -0.3 is 4.74 Å². The van der Waals surface area contributed by atoms with Gasteiger partial charge in [-0.25, -0.2) is 0 Å². The lowest BCUT2D eigenvalue weighted by atomic mass is 10.2. The molecule has 18 heavy (non-hydrogen) atoms. The van der Waals surface area contributed by atoms with Gasteiger partial charge in [0.1, 0.15) is 0 Å². The second-order valence-electron chi connectivity index (χ2n) is 4.32. The van der Waals surface area contributed by atoms with Crippen molar-refractivity contribution in [1.82, 2.24) is 4.90 Å². The lowest BCUT2D eigenvalue weighted by molar-refractivity contribution is -0.143. The molecule has 1 rings (SSSR count). The highest BCUT2D eigenvalue weighted by Gasteiger charge is 2.08. The van der Waals surface area contributed by atoms with E-state index >= 15 is 0 Å². The minimum atomic E-state index is -0.105. The largest absolute Gasteiger partial charge is 0.466 e. The molecule has 0 fully saturated rings. The van der Waals surface area contributed by atoms with Crippen LogP contribution >= 0.6 is 0 Å². The molecular formula is C15H23NO2. The summed E-state index contributed by atoms with van der Waals surface area (Å²) in [6, 6.07) is 10.3. The Labute approximate surface area is 110 Å². The summed E-state index contributed by atoms with van der Waals surface area (Å²) >= 11 is 0. The SMILES string of the molecule is CCCN(CCC(=O)OCC)Cc1ccccc1. The van der Waals surface area contributed by atoms with Gasteiger partial charge in [0.2, 0.25) is 0 Å². The Kier molecular flexibility index (Phi) is 7.11. The third-order valence-electron chi connectivity index (χ3n) is 2.73. The number of esters is 1. The minimum absolute atomic E-state index is 0.105. The highest BCUT2D eigenvalue weighted by atomic mass is 16.5. The van der Waals surface area contributed by atoms with Gasteiger partial charge in [-0.1, -0.05) is 37.3 Å². The molecule has 3 heteroatoms. The standard InChI is InChI=1S/C15H23NO2/c1-3-11-16(12-10-15(17)18-4-2)13-14-8-6-5-7-9-14/h5-9H,3-4,10-13H2,1-2H3. The third-order valence-corrected chi connectivity index (χ3v) is 2.73. The maximum absolute atomic E-state index is 11.4. The van der Waals surface area contributed by atoms with E-state index in [1.165, 1.54) is 5.56 Å². The van der Waals surface area contributed by atoms with Crippen molar-refractivity contribution in [2.75, 3.05) is 19.7 Å². The van der Waals surface area contributed by atoms with Crippen molar-refractivity contribution in [3.8, 4) is 0 Å². The first-order chi connectivity index (χ1) is 8.76. The molecule has 0 aromatic heterocycles. The summed E-state index contributed by atoms with van der Waals surface area (Å²) < 4.78 is 4.96. The predicted octanol–water partition coefficient (Wildman–Crippen LogP) is 2.85. The third kappa shape index (κ3) is 5.82. The van der Waals surface area contributed by atoms with Crippen LogP contribution in [0.1, 0.15) is 32.3 Å². The molecule has 0 aliphatic carbocycles. The molecule has 0 radical (unpaired) electrons. The molecule has 1 aromatic carbocycles. The van der Waals surface area contributed by atoms with Crippen LogP contribution in [-0.2, 0) is 16.1 Å². The van der Waals surface area contributed by atoms with E-state index in [0.29, 0.717) is 13.0 Å². The molecule has 0 aliphatic rings. The zero-order chi connectivity index (χ0) is 13.2. The lowest BCUT2D eigenvalue weighted by Gasteiger charge is -2.21. The molecule has 0 spiro atoms. The molecule has 1 aromatic rings. The van der Waals surface area contributed by atoms with Gasteiger partial charge in [-0.3, -0.25) is 9.69 Å². The van der Waals surface area contributed by atoms with Crippen molar-refractivity contribution in [2.24, 2.45) is 0 Å². The van der Waals surface area contributed by atoms with E-state index in [1.54, 1.807) is 0 Å². The summed E-state index contributed by atoms with van der Waals surface area (Å²) in [5, 5.41) is 0. The van der Waals surface area contributed by atoms with Crippen molar-refractivity contribution in [2.45, 2.75) is 33.2 Å². The first kappa shape index (κ1) is 14.7. The molecule has 3 nitrogen and oxygen atoms in total. The van der Waals surface area contributed by atoms with Crippen molar-refractivity contribution in [3.05, 3.63) is 35.9 Å². The van der Waals surface area contributed by atoms with Crippen LogP contribution in [0.3, 0.4) is 0 Å².